The van der Waals surface area contributed by atoms with Crippen molar-refractivity contribution < 1.29 is 64.7 Å². The van der Waals surface area contributed by atoms with Crippen LogP contribution in [0.2, 0.25) is 0 Å². The van der Waals surface area contributed by atoms with Crippen LogP contribution in [0.15, 0.2) is 0 Å². The molecular weight excluding hydrogens is 388 g/mol. The number of hydrogen-bond acceptors (Lipinski definition) is 12. The molecule has 2 heterocycles. The van der Waals surface area contributed by atoms with Crippen LogP contribution in [0, 0.1) is 0 Å². The molecule has 0 aromatic heterocycles. The average molecular weight is 412 g/mol. The fourth-order valence-corrected chi connectivity index (χ4v) is 3.19. The molecule has 13 nitrogen and oxygen atoms in total. The second-order valence-corrected chi connectivity index (χ2v) is 6.78. The third kappa shape index (κ3) is 4.42. The summed E-state index contributed by atoms with van der Waals surface area (Å²) in [6.07, 6.45) is -14.8. The zero-order valence-corrected chi connectivity index (χ0v) is 14.6. The fourth-order valence-electron chi connectivity index (χ4n) is 3.19. The van der Waals surface area contributed by atoms with Crippen LogP contribution >= 0.6 is 0 Å². The van der Waals surface area contributed by atoms with Crippen molar-refractivity contribution in [3.8, 4) is 0 Å². The number of carbonyl (C=O) groups excluding carboxylic acids is 1. The quantitative estimate of drug-likeness (QED) is 0.151. The van der Waals surface area contributed by atoms with Crippen molar-refractivity contribution in [1.82, 2.24) is 0 Å². The van der Waals surface area contributed by atoms with Gasteiger partial charge in [0.15, 0.2) is 0 Å². The molecule has 0 aromatic carbocycles. The minimum atomic E-state index is -2.45. The smallest absolute Gasteiger partial charge is 0.317 e. The molecule has 13 heteroatoms. The van der Waals surface area contributed by atoms with E-state index >= 15 is 0 Å². The number of rotatable bonds is 6. The summed E-state index contributed by atoms with van der Waals surface area (Å²) in [5.41, 5.74) is -2.45. The molecule has 162 valence electrons. The Labute approximate surface area is 158 Å². The zero-order valence-electron chi connectivity index (χ0n) is 14.6. The van der Waals surface area contributed by atoms with Gasteiger partial charge in [-0.1, -0.05) is 0 Å². The van der Waals surface area contributed by atoms with Crippen molar-refractivity contribution >= 4 is 11.9 Å². The van der Waals surface area contributed by atoms with Gasteiger partial charge in [0.2, 0.25) is 0 Å². The molecular formula is C15H24O13. The van der Waals surface area contributed by atoms with Crippen LogP contribution in [-0.4, -0.2) is 127 Å². The van der Waals surface area contributed by atoms with E-state index in [2.05, 4.69) is 4.74 Å². The second kappa shape index (κ2) is 8.94. The number of carboxylic acids is 1. The molecule has 0 amide bonds. The Bertz CT molecular complexity index is 570. The Balaban J connectivity index is 2.15. The van der Waals surface area contributed by atoms with Gasteiger partial charge >= 0.3 is 11.9 Å². The Morgan fingerprint density at radius 2 is 1.64 bits per heavy atom. The number of carboxylic acid groups (broad SMARTS) is 1. The molecule has 2 fully saturated rings. The van der Waals surface area contributed by atoms with Crippen molar-refractivity contribution in [2.75, 3.05) is 19.8 Å². The minimum absolute atomic E-state index is 0.661. The molecule has 28 heavy (non-hydrogen) atoms. The normalized spacial score (nSPS) is 44.1. The topological polar surface area (TPSA) is 224 Å². The molecule has 0 aliphatic carbocycles. The van der Waals surface area contributed by atoms with Gasteiger partial charge in [0, 0.05) is 0 Å². The van der Waals surface area contributed by atoms with Crippen LogP contribution in [0.1, 0.15) is 6.42 Å². The first kappa shape index (κ1) is 22.9. The van der Waals surface area contributed by atoms with Crippen LogP contribution in [0.25, 0.3) is 0 Å². The fraction of sp³-hybridized carbons (Fsp3) is 0.867. The number of aliphatic hydroxyl groups is 7. The standard InChI is InChI=1S/C15H24O13/c16-2-5-10(21)13(24)15(25,4-27-5)14-12(23)11(22)9(20)6(28-14)3-26-8(19)1-7(17)18/h5-6,9-14,16,20-25H,1-4H2,(H,17,18)/t5-,6-,9-,10-,11+,12-,13+,14?,15+/m1/s1. The number of aliphatic carboxylic acids is 1. The molecule has 0 spiro atoms. The van der Waals surface area contributed by atoms with Gasteiger partial charge < -0.3 is 55.1 Å². The van der Waals surface area contributed by atoms with Gasteiger partial charge in [-0.25, -0.2) is 0 Å². The highest BCUT2D eigenvalue weighted by Gasteiger charge is 2.59. The summed E-state index contributed by atoms with van der Waals surface area (Å²) in [6.45, 7) is -2.08. The monoisotopic (exact) mass is 412 g/mol. The highest BCUT2D eigenvalue weighted by Crippen LogP contribution is 2.35. The third-order valence-electron chi connectivity index (χ3n) is 4.83. The lowest BCUT2D eigenvalue weighted by Gasteiger charge is -2.51. The minimum Gasteiger partial charge on any atom is -0.481 e. The van der Waals surface area contributed by atoms with E-state index < -0.39 is 92.6 Å². The van der Waals surface area contributed by atoms with Crippen molar-refractivity contribution in [3.63, 3.8) is 0 Å². The van der Waals surface area contributed by atoms with E-state index in [0.29, 0.717) is 0 Å². The van der Waals surface area contributed by atoms with E-state index in [1.54, 1.807) is 0 Å². The first-order valence-corrected chi connectivity index (χ1v) is 8.41. The van der Waals surface area contributed by atoms with Crippen LogP contribution in [0.3, 0.4) is 0 Å². The van der Waals surface area contributed by atoms with E-state index in [4.69, 9.17) is 19.7 Å². The van der Waals surface area contributed by atoms with Gasteiger partial charge in [0.25, 0.3) is 0 Å². The lowest BCUT2D eigenvalue weighted by Crippen LogP contribution is -2.73. The van der Waals surface area contributed by atoms with E-state index in [-0.39, 0.29) is 0 Å². The molecule has 0 aromatic rings. The summed E-state index contributed by atoms with van der Waals surface area (Å²) in [5.74, 6) is -2.60. The zero-order chi connectivity index (χ0) is 21.2. The first-order valence-electron chi connectivity index (χ1n) is 8.41. The highest BCUT2D eigenvalue weighted by atomic mass is 16.6. The predicted octanol–water partition coefficient (Wildman–Crippen LogP) is -5.30. The van der Waals surface area contributed by atoms with Gasteiger partial charge in [-0.15, -0.1) is 0 Å². The molecule has 2 aliphatic heterocycles. The summed E-state index contributed by atoms with van der Waals surface area (Å²) in [7, 11) is 0. The Morgan fingerprint density at radius 3 is 2.21 bits per heavy atom. The summed E-state index contributed by atoms with van der Waals surface area (Å²) >= 11 is 0. The Hall–Kier alpha value is -1.42. The van der Waals surface area contributed by atoms with Crippen LogP contribution in [0.5, 0.6) is 0 Å². The molecule has 0 bridgehead atoms. The Morgan fingerprint density at radius 1 is 1.00 bits per heavy atom. The van der Waals surface area contributed by atoms with Crippen LogP contribution < -0.4 is 0 Å². The summed E-state index contributed by atoms with van der Waals surface area (Å²) in [6, 6.07) is 0. The first-order chi connectivity index (χ1) is 13.0. The highest BCUT2D eigenvalue weighted by molar-refractivity contribution is 5.90. The molecule has 1 unspecified atom stereocenters. The largest absolute Gasteiger partial charge is 0.481 e. The maximum atomic E-state index is 11.3. The number of aliphatic hydroxyl groups excluding tert-OH is 6. The molecule has 0 saturated carbocycles. The number of ether oxygens (including phenoxy) is 3. The molecule has 9 atom stereocenters. The summed E-state index contributed by atoms with van der Waals surface area (Å²) < 4.78 is 15.0. The van der Waals surface area contributed by atoms with Gasteiger partial charge in [-0.2, -0.15) is 0 Å². The number of carbonyl (C=O) groups is 2. The predicted molar refractivity (Wildman–Crippen MR) is 83.7 cm³/mol. The number of esters is 1. The van der Waals surface area contributed by atoms with Crippen LogP contribution in [0.4, 0.5) is 0 Å². The lowest BCUT2D eigenvalue weighted by molar-refractivity contribution is -0.323. The number of hydrogen-bond donors (Lipinski definition) is 8. The average Bonchev–Trinajstić information content (AvgIpc) is 2.63. The lowest BCUT2D eigenvalue weighted by atomic mass is 9.78. The molecule has 2 saturated heterocycles. The molecule has 0 radical (unpaired) electrons. The molecule has 2 aliphatic rings. The summed E-state index contributed by atoms with van der Waals surface area (Å²) in [4.78, 5) is 21.8. The van der Waals surface area contributed by atoms with E-state index in [9.17, 15) is 40.2 Å². The van der Waals surface area contributed by atoms with Crippen molar-refractivity contribution in [1.29, 1.82) is 0 Å². The van der Waals surface area contributed by atoms with Crippen molar-refractivity contribution in [3.05, 3.63) is 0 Å². The van der Waals surface area contributed by atoms with Gasteiger partial charge in [-0.05, 0) is 0 Å². The van der Waals surface area contributed by atoms with Gasteiger partial charge in [0.1, 0.15) is 67.5 Å². The summed E-state index contributed by atoms with van der Waals surface area (Å²) in [5, 5.41) is 78.8. The van der Waals surface area contributed by atoms with Gasteiger partial charge in [-0.3, -0.25) is 9.59 Å². The van der Waals surface area contributed by atoms with E-state index in [1.807, 2.05) is 0 Å². The van der Waals surface area contributed by atoms with Crippen LogP contribution in [-0.2, 0) is 23.8 Å². The molecule has 2 rings (SSSR count). The second-order valence-electron chi connectivity index (χ2n) is 6.78. The Kier molecular flexibility index (Phi) is 7.30. The maximum absolute atomic E-state index is 11.3. The third-order valence-corrected chi connectivity index (χ3v) is 4.83. The van der Waals surface area contributed by atoms with E-state index in [0.717, 1.165) is 0 Å². The SMILES string of the molecule is O=C(O)CC(=O)OC[C@H]1OC([C@]2(O)CO[C@H](CO)[C@@H](O)[C@@H]2O)[C@H](O)[C@@H](O)[C@@H]1O. The maximum Gasteiger partial charge on any atom is 0.317 e. The van der Waals surface area contributed by atoms with E-state index in [1.165, 1.54) is 0 Å². The van der Waals surface area contributed by atoms with Crippen molar-refractivity contribution in [2.45, 2.75) is 60.9 Å². The van der Waals surface area contributed by atoms with Crippen molar-refractivity contribution in [2.24, 2.45) is 0 Å². The molecule has 8 N–H and O–H groups in total. The van der Waals surface area contributed by atoms with Gasteiger partial charge in [0.05, 0.1) is 13.2 Å².